The zero-order chi connectivity index (χ0) is 19.1. The van der Waals surface area contributed by atoms with Crippen molar-refractivity contribution in [1.82, 2.24) is 5.32 Å². The van der Waals surface area contributed by atoms with Crippen LogP contribution < -0.4 is 15.4 Å². The zero-order valence-electron chi connectivity index (χ0n) is 15.3. The molecular weight excluding hydrogens is 360 g/mol. The topological polar surface area (TPSA) is 70.6 Å². The molecule has 5 nitrogen and oxygen atoms in total. The second-order valence-electron chi connectivity index (χ2n) is 6.26. The number of carbonyl (C=O) groups is 1. The quantitative estimate of drug-likeness (QED) is 0.482. The summed E-state index contributed by atoms with van der Waals surface area (Å²) in [5.74, 6) is 0.786. The maximum Gasteiger partial charge on any atom is 0.319 e. The Morgan fingerprint density at radius 1 is 1.19 bits per heavy atom. The van der Waals surface area contributed by atoms with E-state index in [2.05, 4.69) is 17.6 Å². The van der Waals surface area contributed by atoms with E-state index in [9.17, 15) is 9.90 Å². The molecule has 0 aliphatic carbocycles. The number of unbranched alkanes of at least 4 members (excludes halogenated alkanes) is 1. The van der Waals surface area contributed by atoms with Crippen LogP contribution in [0.25, 0.3) is 10.1 Å². The minimum Gasteiger partial charge on any atom is -0.494 e. The predicted molar refractivity (Wildman–Crippen MR) is 111 cm³/mol. The van der Waals surface area contributed by atoms with Gasteiger partial charge in [-0.2, -0.15) is 0 Å². The summed E-state index contributed by atoms with van der Waals surface area (Å²) in [6, 6.07) is 14.8. The Kier molecular flexibility index (Phi) is 6.68. The Hall–Kier alpha value is -2.57. The minimum atomic E-state index is -0.749. The van der Waals surface area contributed by atoms with Crippen LogP contribution in [0.15, 0.2) is 53.9 Å². The van der Waals surface area contributed by atoms with Crippen LogP contribution in [-0.4, -0.2) is 24.3 Å². The molecule has 0 saturated heterocycles. The number of anilines is 1. The van der Waals surface area contributed by atoms with Gasteiger partial charge in [-0.1, -0.05) is 31.5 Å². The smallest absolute Gasteiger partial charge is 0.319 e. The molecule has 3 aromatic rings. The van der Waals surface area contributed by atoms with Crippen molar-refractivity contribution in [3.8, 4) is 5.75 Å². The third-order valence-electron chi connectivity index (χ3n) is 4.20. The fourth-order valence-electron chi connectivity index (χ4n) is 2.70. The molecule has 2 aromatic carbocycles. The van der Waals surface area contributed by atoms with Gasteiger partial charge < -0.3 is 20.5 Å². The molecule has 0 radical (unpaired) electrons. The van der Waals surface area contributed by atoms with Crippen LogP contribution in [0.1, 0.15) is 31.4 Å². The fraction of sp³-hybridized carbons (Fsp3) is 0.286. The van der Waals surface area contributed by atoms with E-state index in [4.69, 9.17) is 4.74 Å². The number of hydrogen-bond donors (Lipinski definition) is 3. The van der Waals surface area contributed by atoms with Gasteiger partial charge in [0.15, 0.2) is 0 Å². The van der Waals surface area contributed by atoms with Crippen LogP contribution in [-0.2, 0) is 0 Å². The van der Waals surface area contributed by atoms with E-state index in [1.807, 2.05) is 41.8 Å². The highest BCUT2D eigenvalue weighted by molar-refractivity contribution is 7.17. The Bertz CT molecular complexity index is 877. The standard InChI is InChI=1S/C21H24N2O3S/c1-2-3-12-26-16-10-8-15(9-11-16)23-21(25)22-13-19(24)18-14-27-20-7-5-4-6-17(18)20/h4-11,14,19,24H,2-3,12-13H2,1H3,(H2,22,23,25). The van der Waals surface area contributed by atoms with E-state index >= 15 is 0 Å². The molecular formula is C21H24N2O3S. The third kappa shape index (κ3) is 5.21. The van der Waals surface area contributed by atoms with Crippen LogP contribution in [0.4, 0.5) is 10.5 Å². The van der Waals surface area contributed by atoms with Crippen LogP contribution in [0.2, 0.25) is 0 Å². The Morgan fingerprint density at radius 3 is 2.74 bits per heavy atom. The number of hydrogen-bond acceptors (Lipinski definition) is 4. The molecule has 6 heteroatoms. The lowest BCUT2D eigenvalue weighted by Crippen LogP contribution is -2.32. The number of rotatable bonds is 8. The molecule has 0 aliphatic rings. The summed E-state index contributed by atoms with van der Waals surface area (Å²) in [5, 5.41) is 18.8. The predicted octanol–water partition coefficient (Wildman–Crippen LogP) is 4.94. The monoisotopic (exact) mass is 384 g/mol. The number of carbonyl (C=O) groups excluding carboxylic acids is 1. The van der Waals surface area contributed by atoms with Crippen molar-refractivity contribution in [2.24, 2.45) is 0 Å². The number of thiophene rings is 1. The molecule has 0 aliphatic heterocycles. The van der Waals surface area contributed by atoms with Gasteiger partial charge in [0.1, 0.15) is 5.75 Å². The normalized spacial score (nSPS) is 11.9. The van der Waals surface area contributed by atoms with Gasteiger partial charge in [-0.15, -0.1) is 11.3 Å². The van der Waals surface area contributed by atoms with Gasteiger partial charge in [0.05, 0.1) is 12.7 Å². The van der Waals surface area contributed by atoms with E-state index in [0.29, 0.717) is 12.3 Å². The summed E-state index contributed by atoms with van der Waals surface area (Å²) >= 11 is 1.59. The summed E-state index contributed by atoms with van der Waals surface area (Å²) < 4.78 is 6.72. The number of benzene rings is 2. The number of nitrogens with one attached hydrogen (secondary N) is 2. The number of aliphatic hydroxyl groups excluding tert-OH is 1. The van der Waals surface area contributed by atoms with Crippen LogP contribution in [0.5, 0.6) is 5.75 Å². The van der Waals surface area contributed by atoms with Gasteiger partial charge in [-0.3, -0.25) is 0 Å². The lowest BCUT2D eigenvalue weighted by molar-refractivity contribution is 0.177. The van der Waals surface area contributed by atoms with Crippen molar-refractivity contribution in [2.75, 3.05) is 18.5 Å². The first-order chi connectivity index (χ1) is 13.2. The van der Waals surface area contributed by atoms with Crippen LogP contribution >= 0.6 is 11.3 Å². The molecule has 1 unspecified atom stereocenters. The van der Waals surface area contributed by atoms with Gasteiger partial charge in [-0.25, -0.2) is 4.79 Å². The second kappa shape index (κ2) is 9.39. The van der Waals surface area contributed by atoms with E-state index in [0.717, 1.165) is 34.2 Å². The van der Waals surface area contributed by atoms with Crippen molar-refractivity contribution >= 4 is 33.1 Å². The first-order valence-corrected chi connectivity index (χ1v) is 9.97. The second-order valence-corrected chi connectivity index (χ2v) is 7.18. The largest absolute Gasteiger partial charge is 0.494 e. The molecule has 0 bridgehead atoms. The molecule has 142 valence electrons. The highest BCUT2D eigenvalue weighted by atomic mass is 32.1. The summed E-state index contributed by atoms with van der Waals surface area (Å²) in [5.41, 5.74) is 1.51. The highest BCUT2D eigenvalue weighted by Crippen LogP contribution is 2.29. The van der Waals surface area contributed by atoms with E-state index in [1.165, 1.54) is 0 Å². The maximum absolute atomic E-state index is 12.1. The van der Waals surface area contributed by atoms with E-state index in [-0.39, 0.29) is 12.6 Å². The molecule has 2 amide bonds. The van der Waals surface area contributed by atoms with Gasteiger partial charge >= 0.3 is 6.03 Å². The van der Waals surface area contributed by atoms with Crippen molar-refractivity contribution in [2.45, 2.75) is 25.9 Å². The van der Waals surface area contributed by atoms with Crippen LogP contribution in [0.3, 0.4) is 0 Å². The first-order valence-electron chi connectivity index (χ1n) is 9.09. The Balaban J connectivity index is 1.49. The maximum atomic E-state index is 12.1. The third-order valence-corrected chi connectivity index (χ3v) is 5.19. The summed E-state index contributed by atoms with van der Waals surface area (Å²) in [6.07, 6.45) is 1.36. The summed E-state index contributed by atoms with van der Waals surface area (Å²) in [4.78, 5) is 12.1. The number of fused-ring (bicyclic) bond motifs is 1. The van der Waals surface area contributed by atoms with Crippen molar-refractivity contribution in [3.63, 3.8) is 0 Å². The number of urea groups is 1. The molecule has 0 fully saturated rings. The number of ether oxygens (including phenoxy) is 1. The average molecular weight is 385 g/mol. The molecule has 0 spiro atoms. The van der Waals surface area contributed by atoms with Gasteiger partial charge in [0.2, 0.25) is 0 Å². The number of amides is 2. The van der Waals surface area contributed by atoms with Crippen molar-refractivity contribution < 1.29 is 14.6 Å². The molecule has 1 heterocycles. The Morgan fingerprint density at radius 2 is 1.96 bits per heavy atom. The molecule has 3 rings (SSSR count). The highest BCUT2D eigenvalue weighted by Gasteiger charge is 2.14. The van der Waals surface area contributed by atoms with E-state index < -0.39 is 6.10 Å². The van der Waals surface area contributed by atoms with Crippen LogP contribution in [0, 0.1) is 0 Å². The lowest BCUT2D eigenvalue weighted by atomic mass is 10.1. The van der Waals surface area contributed by atoms with Gasteiger partial charge in [0, 0.05) is 22.5 Å². The molecule has 1 atom stereocenters. The zero-order valence-corrected chi connectivity index (χ0v) is 16.1. The minimum absolute atomic E-state index is 0.144. The molecule has 1 aromatic heterocycles. The molecule has 0 saturated carbocycles. The SMILES string of the molecule is CCCCOc1ccc(NC(=O)NCC(O)c2csc3ccccc23)cc1. The lowest BCUT2D eigenvalue weighted by Gasteiger charge is -2.13. The van der Waals surface area contributed by atoms with Crippen molar-refractivity contribution in [3.05, 3.63) is 59.5 Å². The summed E-state index contributed by atoms with van der Waals surface area (Å²) in [6.45, 7) is 2.95. The van der Waals surface area contributed by atoms with E-state index in [1.54, 1.807) is 23.5 Å². The Labute approximate surface area is 163 Å². The van der Waals surface area contributed by atoms with Crippen molar-refractivity contribution in [1.29, 1.82) is 0 Å². The summed E-state index contributed by atoms with van der Waals surface area (Å²) in [7, 11) is 0. The fourth-order valence-corrected chi connectivity index (χ4v) is 3.71. The first kappa shape index (κ1) is 19.2. The number of aliphatic hydroxyl groups is 1. The molecule has 27 heavy (non-hydrogen) atoms. The average Bonchev–Trinajstić information content (AvgIpc) is 3.12. The van der Waals surface area contributed by atoms with Gasteiger partial charge in [-0.05, 0) is 47.5 Å². The molecule has 3 N–H and O–H groups in total. The van der Waals surface area contributed by atoms with Gasteiger partial charge in [0.25, 0.3) is 0 Å².